The number of amides is 1. The highest BCUT2D eigenvalue weighted by Gasteiger charge is 2.37. The van der Waals surface area contributed by atoms with E-state index in [-0.39, 0.29) is 42.0 Å². The summed E-state index contributed by atoms with van der Waals surface area (Å²) in [6.45, 7) is 7.50. The van der Waals surface area contributed by atoms with Gasteiger partial charge in [0, 0.05) is 38.3 Å². The van der Waals surface area contributed by atoms with E-state index in [1.54, 1.807) is 0 Å². The quantitative estimate of drug-likeness (QED) is 0.763. The van der Waals surface area contributed by atoms with Crippen LogP contribution >= 0.6 is 0 Å². The van der Waals surface area contributed by atoms with Gasteiger partial charge in [-0.25, -0.2) is 12.8 Å². The number of piperidine rings is 1. The van der Waals surface area contributed by atoms with Gasteiger partial charge >= 0.3 is 0 Å². The number of halogens is 1. The van der Waals surface area contributed by atoms with E-state index in [4.69, 9.17) is 0 Å². The van der Waals surface area contributed by atoms with Gasteiger partial charge in [0.15, 0.2) is 0 Å². The van der Waals surface area contributed by atoms with Crippen LogP contribution in [0.15, 0.2) is 29.2 Å². The van der Waals surface area contributed by atoms with Crippen LogP contribution in [0.5, 0.6) is 0 Å². The summed E-state index contributed by atoms with van der Waals surface area (Å²) >= 11 is 0. The van der Waals surface area contributed by atoms with E-state index in [0.717, 1.165) is 25.3 Å². The van der Waals surface area contributed by atoms with Gasteiger partial charge in [0.05, 0.1) is 6.04 Å². The molecular weight excluding hydrogens is 381 g/mol. The lowest BCUT2D eigenvalue weighted by molar-refractivity contribution is -0.143. The second-order valence-corrected chi connectivity index (χ2v) is 9.83. The number of nitrogens with zero attached hydrogens (tertiary/aromatic N) is 3. The van der Waals surface area contributed by atoms with E-state index >= 15 is 0 Å². The second-order valence-electron chi connectivity index (χ2n) is 7.92. The first-order valence-corrected chi connectivity index (χ1v) is 11.5. The molecule has 0 bridgehead atoms. The lowest BCUT2D eigenvalue weighted by atomic mass is 9.96. The zero-order chi connectivity index (χ0) is 20.5. The van der Waals surface area contributed by atoms with Crippen LogP contribution < -0.4 is 0 Å². The van der Waals surface area contributed by atoms with Crippen molar-refractivity contribution in [3.05, 3.63) is 30.1 Å². The summed E-state index contributed by atoms with van der Waals surface area (Å²) in [6.07, 6.45) is 3.20. The highest BCUT2D eigenvalue weighted by Crippen LogP contribution is 2.25. The van der Waals surface area contributed by atoms with Crippen LogP contribution in [0.25, 0.3) is 0 Å². The van der Waals surface area contributed by atoms with Crippen molar-refractivity contribution in [3.8, 4) is 0 Å². The second kappa shape index (κ2) is 8.47. The Kier molecular flexibility index (Phi) is 6.41. The van der Waals surface area contributed by atoms with E-state index in [9.17, 15) is 17.6 Å². The molecule has 0 aromatic heterocycles. The number of carbonyl (C=O) groups excluding carboxylic acids is 1. The molecule has 0 spiro atoms. The van der Waals surface area contributed by atoms with Crippen molar-refractivity contribution >= 4 is 15.9 Å². The molecule has 2 fully saturated rings. The minimum atomic E-state index is -3.86. The summed E-state index contributed by atoms with van der Waals surface area (Å²) in [7, 11) is -3.86. The molecule has 2 saturated heterocycles. The summed E-state index contributed by atoms with van der Waals surface area (Å²) in [5.41, 5.74) is 0. The molecule has 0 aliphatic carbocycles. The maximum absolute atomic E-state index is 14.0. The van der Waals surface area contributed by atoms with Crippen molar-refractivity contribution < 1.29 is 17.6 Å². The lowest BCUT2D eigenvalue weighted by Gasteiger charge is -2.43. The van der Waals surface area contributed by atoms with Gasteiger partial charge in [-0.3, -0.25) is 9.69 Å². The third-order valence-corrected chi connectivity index (χ3v) is 8.01. The Morgan fingerprint density at radius 2 is 1.64 bits per heavy atom. The summed E-state index contributed by atoms with van der Waals surface area (Å²) in [6, 6.07) is 5.63. The van der Waals surface area contributed by atoms with Crippen LogP contribution in [0.1, 0.15) is 40.0 Å². The molecule has 28 heavy (non-hydrogen) atoms. The number of likely N-dealkylation sites (tertiary alicyclic amines) is 1. The molecule has 0 unspecified atom stereocenters. The van der Waals surface area contributed by atoms with E-state index in [1.165, 1.54) is 22.5 Å². The Bertz CT molecular complexity index is 799. The van der Waals surface area contributed by atoms with Crippen molar-refractivity contribution in [1.82, 2.24) is 14.1 Å². The Morgan fingerprint density at radius 3 is 2.21 bits per heavy atom. The van der Waals surface area contributed by atoms with Gasteiger partial charge in [0.25, 0.3) is 0 Å². The highest BCUT2D eigenvalue weighted by atomic mass is 32.2. The summed E-state index contributed by atoms with van der Waals surface area (Å²) in [4.78, 5) is 16.8. The maximum atomic E-state index is 14.0. The maximum Gasteiger partial charge on any atom is 0.246 e. The minimum Gasteiger partial charge on any atom is -0.336 e. The monoisotopic (exact) mass is 411 g/mol. The number of hydrogen-bond acceptors (Lipinski definition) is 4. The molecule has 1 aromatic rings. The van der Waals surface area contributed by atoms with Crippen LogP contribution in [0.3, 0.4) is 0 Å². The van der Waals surface area contributed by atoms with E-state index in [0.29, 0.717) is 13.1 Å². The standard InChI is InChI=1S/C20H30FN3O3S/c1-15-7-6-8-16(2)24(15)20(25)17(3)22-11-13-23(14-12-22)28(26,27)19-10-5-4-9-18(19)21/h4-5,9-10,15-17H,6-8,11-14H2,1-3H3/t15-,16-,17-/m1/s1. The molecule has 2 aliphatic rings. The zero-order valence-electron chi connectivity index (χ0n) is 16.8. The molecule has 0 saturated carbocycles. The Balaban J connectivity index is 1.65. The average Bonchev–Trinajstić information content (AvgIpc) is 2.67. The number of piperazine rings is 1. The normalized spacial score (nSPS) is 26.2. The molecule has 8 heteroatoms. The molecule has 6 nitrogen and oxygen atoms in total. The fraction of sp³-hybridized carbons (Fsp3) is 0.650. The summed E-state index contributed by atoms with van der Waals surface area (Å²) in [5, 5.41) is 0. The summed E-state index contributed by atoms with van der Waals surface area (Å²) in [5.74, 6) is -0.619. The van der Waals surface area contributed by atoms with E-state index in [1.807, 2.05) is 16.7 Å². The Morgan fingerprint density at radius 1 is 1.07 bits per heavy atom. The van der Waals surface area contributed by atoms with Crippen molar-refractivity contribution in [2.24, 2.45) is 0 Å². The smallest absolute Gasteiger partial charge is 0.246 e. The largest absolute Gasteiger partial charge is 0.336 e. The van der Waals surface area contributed by atoms with Crippen LogP contribution in [-0.2, 0) is 14.8 Å². The van der Waals surface area contributed by atoms with Crippen molar-refractivity contribution in [2.45, 2.75) is 63.1 Å². The third-order valence-electron chi connectivity index (χ3n) is 6.08. The number of hydrogen-bond donors (Lipinski definition) is 0. The number of sulfonamides is 1. The van der Waals surface area contributed by atoms with Gasteiger partial charge in [0.1, 0.15) is 10.7 Å². The molecule has 2 aliphatic heterocycles. The van der Waals surface area contributed by atoms with Crippen LogP contribution in [0.2, 0.25) is 0 Å². The zero-order valence-corrected chi connectivity index (χ0v) is 17.7. The molecule has 156 valence electrons. The van der Waals surface area contributed by atoms with Gasteiger partial charge in [-0.05, 0) is 52.2 Å². The van der Waals surface area contributed by atoms with Gasteiger partial charge in [-0.15, -0.1) is 0 Å². The lowest BCUT2D eigenvalue weighted by Crippen LogP contribution is -2.58. The van der Waals surface area contributed by atoms with Crippen molar-refractivity contribution in [2.75, 3.05) is 26.2 Å². The third kappa shape index (κ3) is 4.09. The molecule has 0 N–H and O–H groups in total. The molecule has 1 aromatic carbocycles. The first kappa shape index (κ1) is 21.2. The van der Waals surface area contributed by atoms with Crippen molar-refractivity contribution in [3.63, 3.8) is 0 Å². The average molecular weight is 412 g/mol. The van der Waals surface area contributed by atoms with Crippen LogP contribution in [0.4, 0.5) is 4.39 Å². The fourth-order valence-electron chi connectivity index (χ4n) is 4.35. The molecule has 2 heterocycles. The SMILES string of the molecule is C[C@H](C(=O)N1[C@H](C)CCC[C@H]1C)N1CCN(S(=O)(=O)c2ccccc2F)CC1. The number of carbonyl (C=O) groups is 1. The molecule has 3 rings (SSSR count). The van der Waals surface area contributed by atoms with Crippen molar-refractivity contribution in [1.29, 1.82) is 0 Å². The number of rotatable bonds is 4. The predicted molar refractivity (Wildman–Crippen MR) is 106 cm³/mol. The highest BCUT2D eigenvalue weighted by molar-refractivity contribution is 7.89. The minimum absolute atomic E-state index is 0.116. The van der Waals surface area contributed by atoms with Crippen LogP contribution in [-0.4, -0.2) is 72.7 Å². The molecule has 1 amide bonds. The van der Waals surface area contributed by atoms with Gasteiger partial charge in [-0.1, -0.05) is 12.1 Å². The summed E-state index contributed by atoms with van der Waals surface area (Å²) < 4.78 is 40.8. The molecular formula is C20H30FN3O3S. The molecule has 0 radical (unpaired) electrons. The molecule has 3 atom stereocenters. The van der Waals surface area contributed by atoms with E-state index < -0.39 is 15.8 Å². The van der Waals surface area contributed by atoms with Gasteiger partial charge in [-0.2, -0.15) is 4.31 Å². The topological polar surface area (TPSA) is 60.9 Å². The number of benzene rings is 1. The first-order valence-electron chi connectivity index (χ1n) is 10.0. The Labute approximate surface area is 167 Å². The Hall–Kier alpha value is -1.51. The fourth-order valence-corrected chi connectivity index (χ4v) is 5.84. The predicted octanol–water partition coefficient (Wildman–Crippen LogP) is 2.31. The first-order chi connectivity index (χ1) is 13.2. The van der Waals surface area contributed by atoms with Crippen LogP contribution in [0, 0.1) is 5.82 Å². The van der Waals surface area contributed by atoms with Gasteiger partial charge in [0.2, 0.25) is 15.9 Å². The van der Waals surface area contributed by atoms with Gasteiger partial charge < -0.3 is 4.90 Å². The van der Waals surface area contributed by atoms with E-state index in [2.05, 4.69) is 13.8 Å².